The van der Waals surface area contributed by atoms with Crippen molar-refractivity contribution in [1.82, 2.24) is 9.13 Å². The van der Waals surface area contributed by atoms with Crippen LogP contribution in [0.4, 0.5) is 5.69 Å². The number of nitrogens with zero attached hydrogens (tertiary/aromatic N) is 2. The Labute approximate surface area is 184 Å². The fraction of sp³-hybridized carbons (Fsp3) is 0.167. The van der Waals surface area contributed by atoms with E-state index in [0.717, 1.165) is 22.2 Å². The van der Waals surface area contributed by atoms with Gasteiger partial charge >= 0.3 is 0 Å². The number of aromatic nitrogens is 2. The zero-order chi connectivity index (χ0) is 22.0. The van der Waals surface area contributed by atoms with Gasteiger partial charge in [-0.1, -0.05) is 35.9 Å². The number of carbonyl (C=O) groups is 1. The minimum absolute atomic E-state index is 0.0534. The molecule has 31 heavy (non-hydrogen) atoms. The van der Waals surface area contributed by atoms with E-state index in [-0.39, 0.29) is 30.2 Å². The summed E-state index contributed by atoms with van der Waals surface area (Å²) in [5.41, 5.74) is 2.99. The fourth-order valence-corrected chi connectivity index (χ4v) is 3.65. The number of amides is 1. The third kappa shape index (κ3) is 4.49. The van der Waals surface area contributed by atoms with Gasteiger partial charge in [0.1, 0.15) is 13.2 Å². The maximum atomic E-state index is 12.7. The molecule has 2 aromatic carbocycles. The molecule has 0 saturated carbocycles. The van der Waals surface area contributed by atoms with E-state index in [9.17, 15) is 9.59 Å². The SMILES string of the molecule is Cc1cc(=O)c(OCc2ccccc2Cl)cn1CC(=O)Nc1cccc2c1ccn2C. The molecule has 0 bridgehead atoms. The maximum absolute atomic E-state index is 12.7. The molecule has 1 amide bonds. The van der Waals surface area contributed by atoms with E-state index in [0.29, 0.717) is 10.7 Å². The van der Waals surface area contributed by atoms with Crippen LogP contribution in [0.1, 0.15) is 11.3 Å². The molecule has 0 atom stereocenters. The number of ether oxygens (including phenoxy) is 1. The Morgan fingerprint density at radius 2 is 1.94 bits per heavy atom. The summed E-state index contributed by atoms with van der Waals surface area (Å²) < 4.78 is 9.41. The first-order valence-corrected chi connectivity index (χ1v) is 10.2. The molecule has 7 heteroatoms. The third-order valence-corrected chi connectivity index (χ3v) is 5.53. The normalized spacial score (nSPS) is 10.9. The monoisotopic (exact) mass is 435 g/mol. The van der Waals surface area contributed by atoms with Gasteiger partial charge in [0.25, 0.3) is 0 Å². The first-order chi connectivity index (χ1) is 14.9. The molecule has 4 rings (SSSR count). The van der Waals surface area contributed by atoms with Crippen LogP contribution >= 0.6 is 11.6 Å². The molecule has 4 aromatic rings. The zero-order valence-corrected chi connectivity index (χ0v) is 18.0. The van der Waals surface area contributed by atoms with Crippen LogP contribution in [0.2, 0.25) is 5.02 Å². The predicted molar refractivity (Wildman–Crippen MR) is 123 cm³/mol. The molecule has 0 fully saturated rings. The number of hydrogen-bond acceptors (Lipinski definition) is 3. The quantitative estimate of drug-likeness (QED) is 0.484. The molecule has 0 aliphatic carbocycles. The lowest BCUT2D eigenvalue weighted by molar-refractivity contribution is -0.116. The lowest BCUT2D eigenvalue weighted by Gasteiger charge is -2.14. The Bertz CT molecular complexity index is 1320. The number of hydrogen-bond donors (Lipinski definition) is 1. The standard InChI is InChI=1S/C24H22ClN3O3/c1-16-12-22(29)23(31-15-17-6-3-4-7-19(17)25)13-28(16)14-24(30)26-20-8-5-9-21-18(20)10-11-27(21)2/h3-13H,14-15H2,1-2H3,(H,26,30). The van der Waals surface area contributed by atoms with Gasteiger partial charge in [-0.05, 0) is 31.2 Å². The first kappa shape index (κ1) is 20.8. The molecule has 2 aromatic heterocycles. The molecule has 0 saturated heterocycles. The van der Waals surface area contributed by atoms with Gasteiger partial charge in [-0.2, -0.15) is 0 Å². The predicted octanol–water partition coefficient (Wildman–Crippen LogP) is 4.52. The molecule has 0 unspecified atom stereocenters. The lowest BCUT2D eigenvalue weighted by atomic mass is 10.2. The number of halogens is 1. The molecule has 0 radical (unpaired) electrons. The smallest absolute Gasteiger partial charge is 0.244 e. The Balaban J connectivity index is 1.51. The number of nitrogens with one attached hydrogen (secondary N) is 1. The van der Waals surface area contributed by atoms with Gasteiger partial charge in [0, 0.05) is 46.5 Å². The van der Waals surface area contributed by atoms with E-state index in [2.05, 4.69) is 5.32 Å². The van der Waals surface area contributed by atoms with Gasteiger partial charge in [0.15, 0.2) is 5.75 Å². The molecule has 2 heterocycles. The summed E-state index contributed by atoms with van der Waals surface area (Å²) in [6.45, 7) is 2.00. The number of anilines is 1. The summed E-state index contributed by atoms with van der Waals surface area (Å²) in [4.78, 5) is 25.1. The molecule has 1 N–H and O–H groups in total. The Kier molecular flexibility index (Phi) is 5.82. The maximum Gasteiger partial charge on any atom is 0.244 e. The van der Waals surface area contributed by atoms with Gasteiger partial charge in [0.2, 0.25) is 11.3 Å². The van der Waals surface area contributed by atoms with Crippen molar-refractivity contribution in [3.63, 3.8) is 0 Å². The number of rotatable bonds is 6. The largest absolute Gasteiger partial charge is 0.483 e. The van der Waals surface area contributed by atoms with E-state index >= 15 is 0 Å². The summed E-state index contributed by atoms with van der Waals surface area (Å²) in [6, 6.07) is 16.5. The molecule has 0 aliphatic rings. The Morgan fingerprint density at radius 3 is 2.74 bits per heavy atom. The highest BCUT2D eigenvalue weighted by Gasteiger charge is 2.12. The number of fused-ring (bicyclic) bond motifs is 1. The second kappa shape index (κ2) is 8.70. The van der Waals surface area contributed by atoms with Crippen LogP contribution in [0.25, 0.3) is 10.9 Å². The van der Waals surface area contributed by atoms with Crippen LogP contribution in [0.3, 0.4) is 0 Å². The van der Waals surface area contributed by atoms with Crippen molar-refractivity contribution in [2.24, 2.45) is 7.05 Å². The van der Waals surface area contributed by atoms with Crippen molar-refractivity contribution in [3.8, 4) is 5.75 Å². The van der Waals surface area contributed by atoms with Gasteiger partial charge in [-0.3, -0.25) is 9.59 Å². The Hall–Kier alpha value is -3.51. The van der Waals surface area contributed by atoms with Crippen molar-refractivity contribution in [2.45, 2.75) is 20.1 Å². The summed E-state index contributed by atoms with van der Waals surface area (Å²) in [6.07, 6.45) is 3.52. The van der Waals surface area contributed by atoms with Gasteiger partial charge < -0.3 is 19.2 Å². The van der Waals surface area contributed by atoms with Crippen LogP contribution in [0.15, 0.2) is 71.8 Å². The summed E-state index contributed by atoms with van der Waals surface area (Å²) >= 11 is 6.16. The summed E-state index contributed by atoms with van der Waals surface area (Å²) in [5.74, 6) is -0.0244. The van der Waals surface area contributed by atoms with Crippen molar-refractivity contribution in [1.29, 1.82) is 0 Å². The van der Waals surface area contributed by atoms with Gasteiger partial charge in [-0.25, -0.2) is 0 Å². The average molecular weight is 436 g/mol. The van der Waals surface area contributed by atoms with Crippen LogP contribution < -0.4 is 15.5 Å². The van der Waals surface area contributed by atoms with E-state index in [1.54, 1.807) is 23.8 Å². The minimum Gasteiger partial charge on any atom is -0.483 e. The zero-order valence-electron chi connectivity index (χ0n) is 17.3. The molecular weight excluding hydrogens is 414 g/mol. The van der Waals surface area contributed by atoms with E-state index < -0.39 is 0 Å². The average Bonchev–Trinajstić information content (AvgIpc) is 3.12. The topological polar surface area (TPSA) is 65.3 Å². The van der Waals surface area contributed by atoms with Crippen LogP contribution in [0.5, 0.6) is 5.75 Å². The molecule has 6 nitrogen and oxygen atoms in total. The fourth-order valence-electron chi connectivity index (χ4n) is 3.46. The third-order valence-electron chi connectivity index (χ3n) is 5.17. The van der Waals surface area contributed by atoms with Gasteiger partial charge in [0.05, 0.1) is 11.9 Å². The van der Waals surface area contributed by atoms with E-state index in [4.69, 9.17) is 16.3 Å². The molecular formula is C24H22ClN3O3. The van der Waals surface area contributed by atoms with E-state index in [1.165, 1.54) is 6.07 Å². The number of carbonyl (C=O) groups excluding carboxylic acids is 1. The summed E-state index contributed by atoms with van der Waals surface area (Å²) in [7, 11) is 1.96. The molecule has 0 aliphatic heterocycles. The highest BCUT2D eigenvalue weighted by Crippen LogP contribution is 2.24. The molecule has 0 spiro atoms. The van der Waals surface area contributed by atoms with Crippen LogP contribution in [-0.2, 0) is 25.0 Å². The van der Waals surface area contributed by atoms with Gasteiger partial charge in [-0.15, -0.1) is 0 Å². The minimum atomic E-state index is -0.240. The number of benzene rings is 2. The first-order valence-electron chi connectivity index (χ1n) is 9.83. The summed E-state index contributed by atoms with van der Waals surface area (Å²) in [5, 5.41) is 4.51. The van der Waals surface area contributed by atoms with Crippen molar-refractivity contribution < 1.29 is 9.53 Å². The lowest BCUT2D eigenvalue weighted by Crippen LogP contribution is -2.22. The second-order valence-electron chi connectivity index (χ2n) is 7.36. The van der Waals surface area contributed by atoms with Crippen molar-refractivity contribution >= 4 is 34.1 Å². The number of aryl methyl sites for hydroxylation is 2. The van der Waals surface area contributed by atoms with E-state index in [1.807, 2.05) is 60.3 Å². The van der Waals surface area contributed by atoms with Crippen LogP contribution in [0, 0.1) is 6.92 Å². The molecule has 158 valence electrons. The second-order valence-corrected chi connectivity index (χ2v) is 7.77. The van der Waals surface area contributed by atoms with Crippen molar-refractivity contribution in [3.05, 3.63) is 93.5 Å². The highest BCUT2D eigenvalue weighted by molar-refractivity contribution is 6.31. The highest BCUT2D eigenvalue weighted by atomic mass is 35.5. The van der Waals surface area contributed by atoms with Crippen LogP contribution in [-0.4, -0.2) is 15.0 Å². The number of pyridine rings is 1. The Morgan fingerprint density at radius 1 is 1.13 bits per heavy atom. The van der Waals surface area contributed by atoms with Crippen molar-refractivity contribution in [2.75, 3.05) is 5.32 Å².